The van der Waals surface area contributed by atoms with Crippen molar-refractivity contribution in [1.29, 1.82) is 0 Å². The maximum atomic E-state index is 12.2. The van der Waals surface area contributed by atoms with E-state index in [0.717, 1.165) is 31.4 Å². The van der Waals surface area contributed by atoms with E-state index in [1.807, 2.05) is 11.0 Å². The van der Waals surface area contributed by atoms with Crippen molar-refractivity contribution < 1.29 is 22.7 Å². The molecule has 2 aromatic rings. The zero-order chi connectivity index (χ0) is 21.6. The van der Waals surface area contributed by atoms with Gasteiger partial charge in [0.25, 0.3) is 5.91 Å². The predicted octanol–water partition coefficient (Wildman–Crippen LogP) is 4.51. The standard InChI is InChI=1S/C13H21N3O.C7H6F3NO/c1-9(2)11-7-12(15-14-11)13(17)16-6-4-5-10(3)8-16;1-12-5-3-2-4-11-6(5)7(8,9)10/h7,9-10H,4-6,8H2,1-3H3,(H,14,15);2-4H,1H3. The molecule has 160 valence electrons. The molecule has 1 N–H and O–H groups in total. The molecule has 29 heavy (non-hydrogen) atoms. The van der Waals surface area contributed by atoms with E-state index in [1.165, 1.54) is 25.7 Å². The van der Waals surface area contributed by atoms with Crippen molar-refractivity contribution in [3.63, 3.8) is 0 Å². The summed E-state index contributed by atoms with van der Waals surface area (Å²) in [7, 11) is 1.17. The van der Waals surface area contributed by atoms with Crippen LogP contribution in [0.2, 0.25) is 0 Å². The van der Waals surface area contributed by atoms with E-state index in [2.05, 4.69) is 40.7 Å². The summed E-state index contributed by atoms with van der Waals surface area (Å²) < 4.78 is 40.8. The van der Waals surface area contributed by atoms with E-state index in [0.29, 0.717) is 17.5 Å². The van der Waals surface area contributed by atoms with E-state index in [-0.39, 0.29) is 11.7 Å². The third-order valence-electron chi connectivity index (χ3n) is 4.64. The number of nitrogens with zero attached hydrogens (tertiary/aromatic N) is 3. The largest absolute Gasteiger partial charge is 0.494 e. The van der Waals surface area contributed by atoms with Crippen molar-refractivity contribution in [2.75, 3.05) is 20.2 Å². The van der Waals surface area contributed by atoms with Crippen LogP contribution in [-0.2, 0) is 6.18 Å². The quantitative estimate of drug-likeness (QED) is 0.805. The highest BCUT2D eigenvalue weighted by molar-refractivity contribution is 5.92. The SMILES string of the molecule is CC1CCCN(C(=O)c2cc(C(C)C)[nH]n2)C1.COc1cccnc1C(F)(F)F. The number of methoxy groups -OCH3 is 1. The molecule has 0 bridgehead atoms. The molecule has 1 aliphatic heterocycles. The van der Waals surface area contributed by atoms with Gasteiger partial charge >= 0.3 is 6.18 Å². The molecule has 3 heterocycles. The Bertz CT molecular complexity index is 805. The Labute approximate surface area is 168 Å². The van der Waals surface area contributed by atoms with Crippen LogP contribution in [0.5, 0.6) is 5.75 Å². The highest BCUT2D eigenvalue weighted by atomic mass is 19.4. The molecular formula is C20H27F3N4O2. The smallest absolute Gasteiger partial charge is 0.437 e. The van der Waals surface area contributed by atoms with Crippen molar-refractivity contribution in [2.45, 2.75) is 45.7 Å². The number of likely N-dealkylation sites (tertiary alicyclic amines) is 1. The van der Waals surface area contributed by atoms with E-state index in [9.17, 15) is 18.0 Å². The molecule has 0 aliphatic carbocycles. The van der Waals surface area contributed by atoms with Crippen LogP contribution in [0.3, 0.4) is 0 Å². The monoisotopic (exact) mass is 412 g/mol. The van der Waals surface area contributed by atoms with Crippen LogP contribution >= 0.6 is 0 Å². The second-order valence-corrected chi connectivity index (χ2v) is 7.41. The third-order valence-corrected chi connectivity index (χ3v) is 4.64. The molecule has 1 aliphatic rings. The van der Waals surface area contributed by atoms with Crippen LogP contribution in [0.4, 0.5) is 13.2 Å². The van der Waals surface area contributed by atoms with Gasteiger partial charge in [0, 0.05) is 25.0 Å². The number of alkyl halides is 3. The van der Waals surface area contributed by atoms with Crippen molar-refractivity contribution in [2.24, 2.45) is 5.92 Å². The summed E-state index contributed by atoms with van der Waals surface area (Å²) in [6, 6.07) is 4.48. The number of H-pyrrole nitrogens is 1. The van der Waals surface area contributed by atoms with Gasteiger partial charge in [-0.05, 0) is 42.9 Å². The van der Waals surface area contributed by atoms with Gasteiger partial charge in [0.05, 0.1) is 7.11 Å². The fourth-order valence-electron chi connectivity index (χ4n) is 3.05. The van der Waals surface area contributed by atoms with E-state index < -0.39 is 11.9 Å². The van der Waals surface area contributed by atoms with Crippen LogP contribution in [0, 0.1) is 5.92 Å². The summed E-state index contributed by atoms with van der Waals surface area (Å²) in [5.41, 5.74) is 0.591. The number of halogens is 3. The lowest BCUT2D eigenvalue weighted by Crippen LogP contribution is -2.39. The van der Waals surface area contributed by atoms with Crippen LogP contribution in [0.1, 0.15) is 61.4 Å². The molecular weight excluding hydrogens is 385 g/mol. The van der Waals surface area contributed by atoms with Gasteiger partial charge in [-0.15, -0.1) is 0 Å². The molecule has 0 radical (unpaired) electrons. The summed E-state index contributed by atoms with van der Waals surface area (Å²) >= 11 is 0. The molecule has 1 saturated heterocycles. The van der Waals surface area contributed by atoms with Crippen LogP contribution in [0.25, 0.3) is 0 Å². The first kappa shape index (κ1) is 22.7. The van der Waals surface area contributed by atoms with Gasteiger partial charge in [0.1, 0.15) is 11.4 Å². The lowest BCUT2D eigenvalue weighted by Gasteiger charge is -2.30. The fraction of sp³-hybridized carbons (Fsp3) is 0.550. The van der Waals surface area contributed by atoms with Crippen molar-refractivity contribution >= 4 is 5.91 Å². The molecule has 0 spiro atoms. The number of rotatable bonds is 3. The number of nitrogens with one attached hydrogen (secondary N) is 1. The first-order valence-electron chi connectivity index (χ1n) is 9.54. The Hall–Kier alpha value is -2.58. The Morgan fingerprint density at radius 2 is 2.10 bits per heavy atom. The average Bonchev–Trinajstić information content (AvgIpc) is 3.18. The average molecular weight is 412 g/mol. The van der Waals surface area contributed by atoms with E-state index in [4.69, 9.17) is 0 Å². The summed E-state index contributed by atoms with van der Waals surface area (Å²) in [6.45, 7) is 8.11. The number of pyridine rings is 1. The van der Waals surface area contributed by atoms with Crippen molar-refractivity contribution in [1.82, 2.24) is 20.1 Å². The van der Waals surface area contributed by atoms with Crippen molar-refractivity contribution in [3.05, 3.63) is 41.5 Å². The highest BCUT2D eigenvalue weighted by Gasteiger charge is 2.35. The number of piperidine rings is 1. The summed E-state index contributed by atoms with van der Waals surface area (Å²) in [6.07, 6.45) is -1.05. The summed E-state index contributed by atoms with van der Waals surface area (Å²) in [5, 5.41) is 7.06. The maximum absolute atomic E-state index is 12.2. The molecule has 3 rings (SSSR count). The second-order valence-electron chi connectivity index (χ2n) is 7.41. The Morgan fingerprint density at radius 3 is 2.62 bits per heavy atom. The maximum Gasteiger partial charge on any atom is 0.437 e. The normalized spacial score (nSPS) is 17.0. The predicted molar refractivity (Wildman–Crippen MR) is 103 cm³/mol. The lowest BCUT2D eigenvalue weighted by atomic mass is 10.00. The molecule has 0 saturated carbocycles. The number of carbonyl (C=O) groups is 1. The number of amides is 1. The molecule has 9 heteroatoms. The van der Waals surface area contributed by atoms with Gasteiger partial charge in [-0.25, -0.2) is 4.98 Å². The van der Waals surface area contributed by atoms with Crippen LogP contribution < -0.4 is 4.74 Å². The minimum atomic E-state index is -4.45. The molecule has 0 aromatic carbocycles. The first-order valence-corrected chi connectivity index (χ1v) is 9.54. The van der Waals surface area contributed by atoms with Gasteiger partial charge in [-0.3, -0.25) is 9.89 Å². The summed E-state index contributed by atoms with van der Waals surface area (Å²) in [5.74, 6) is 0.797. The molecule has 1 atom stereocenters. The van der Waals surface area contributed by atoms with Gasteiger partial charge in [0.15, 0.2) is 5.69 Å². The molecule has 2 aromatic heterocycles. The van der Waals surface area contributed by atoms with E-state index in [1.54, 1.807) is 0 Å². The number of aromatic amines is 1. The Morgan fingerprint density at radius 1 is 1.38 bits per heavy atom. The van der Waals surface area contributed by atoms with Crippen LogP contribution in [0.15, 0.2) is 24.4 Å². The van der Waals surface area contributed by atoms with E-state index >= 15 is 0 Å². The minimum Gasteiger partial charge on any atom is -0.494 e. The number of ether oxygens (including phenoxy) is 1. The van der Waals surface area contributed by atoms with Gasteiger partial charge in [-0.1, -0.05) is 20.8 Å². The molecule has 1 amide bonds. The number of hydrogen-bond acceptors (Lipinski definition) is 4. The lowest BCUT2D eigenvalue weighted by molar-refractivity contribution is -0.142. The number of aromatic nitrogens is 3. The number of carbonyl (C=O) groups excluding carboxylic acids is 1. The van der Waals surface area contributed by atoms with Crippen molar-refractivity contribution in [3.8, 4) is 5.75 Å². The van der Waals surface area contributed by atoms with Gasteiger partial charge < -0.3 is 9.64 Å². The fourth-order valence-corrected chi connectivity index (χ4v) is 3.05. The Kier molecular flexibility index (Phi) is 7.64. The first-order chi connectivity index (χ1) is 13.6. The Balaban J connectivity index is 0.000000221. The topological polar surface area (TPSA) is 71.1 Å². The molecule has 1 unspecified atom stereocenters. The molecule has 1 fully saturated rings. The van der Waals surface area contributed by atoms with Gasteiger partial charge in [-0.2, -0.15) is 18.3 Å². The number of hydrogen-bond donors (Lipinski definition) is 1. The summed E-state index contributed by atoms with van der Waals surface area (Å²) in [4.78, 5) is 17.3. The highest BCUT2D eigenvalue weighted by Crippen LogP contribution is 2.33. The zero-order valence-corrected chi connectivity index (χ0v) is 17.1. The van der Waals surface area contributed by atoms with Gasteiger partial charge in [0.2, 0.25) is 0 Å². The molecule has 6 nitrogen and oxygen atoms in total. The second kappa shape index (κ2) is 9.76. The minimum absolute atomic E-state index is 0.0692. The zero-order valence-electron chi connectivity index (χ0n) is 17.1. The third kappa shape index (κ3) is 6.20. The van der Waals surface area contributed by atoms with Crippen LogP contribution in [-0.4, -0.2) is 46.2 Å².